The highest BCUT2D eigenvalue weighted by molar-refractivity contribution is 5.78. The number of ether oxygens (including phenoxy) is 1. The van der Waals surface area contributed by atoms with Gasteiger partial charge in [0.1, 0.15) is 5.82 Å². The molecule has 0 spiro atoms. The molecule has 1 amide bonds. The van der Waals surface area contributed by atoms with Gasteiger partial charge in [-0.05, 0) is 44.4 Å². The van der Waals surface area contributed by atoms with Crippen molar-refractivity contribution in [1.82, 2.24) is 19.9 Å². The number of carbonyl (C=O) groups excluding carboxylic acids is 1. The summed E-state index contributed by atoms with van der Waals surface area (Å²) < 4.78 is 24.9. The first kappa shape index (κ1) is 20.6. The fraction of sp³-hybridized carbons (Fsp3) is 0.609. The summed E-state index contributed by atoms with van der Waals surface area (Å²) in [6.07, 6.45) is 6.60. The molecule has 0 N–H and O–H groups in total. The molecule has 5 rings (SSSR count). The summed E-state index contributed by atoms with van der Waals surface area (Å²) in [7, 11) is 0. The zero-order valence-corrected chi connectivity index (χ0v) is 17.7. The molecule has 1 saturated carbocycles. The normalized spacial score (nSPS) is 27.1. The van der Waals surface area contributed by atoms with Gasteiger partial charge in [-0.1, -0.05) is 30.1 Å². The number of hydrogen-bond acceptors (Lipinski definition) is 6. The maximum absolute atomic E-state index is 13.5. The van der Waals surface area contributed by atoms with Crippen LogP contribution >= 0.6 is 0 Å². The third-order valence-electron chi connectivity index (χ3n) is 6.79. The Kier molecular flexibility index (Phi) is 6.00. The molecule has 2 aliphatic heterocycles. The molecule has 3 unspecified atom stereocenters. The topological polar surface area (TPSA) is 71.7 Å². The predicted molar refractivity (Wildman–Crippen MR) is 112 cm³/mol. The van der Waals surface area contributed by atoms with E-state index in [4.69, 9.17) is 9.26 Å². The minimum atomic E-state index is -0.325. The molecule has 2 aromatic rings. The molecule has 166 valence electrons. The van der Waals surface area contributed by atoms with Crippen LogP contribution in [0.25, 0.3) is 11.4 Å². The number of carbonyl (C=O) groups is 1. The van der Waals surface area contributed by atoms with Crippen molar-refractivity contribution in [3.63, 3.8) is 0 Å². The average Bonchev–Trinajstić information content (AvgIpc) is 3.29. The van der Waals surface area contributed by atoms with Crippen molar-refractivity contribution in [3.05, 3.63) is 36.0 Å². The highest BCUT2D eigenvalue weighted by Gasteiger charge is 2.37. The lowest BCUT2D eigenvalue weighted by Gasteiger charge is -2.44. The van der Waals surface area contributed by atoms with E-state index in [0.717, 1.165) is 38.8 Å². The molecule has 1 aromatic heterocycles. The number of aromatic nitrogens is 2. The van der Waals surface area contributed by atoms with Gasteiger partial charge in [0.25, 0.3) is 0 Å². The molecule has 3 aliphatic rings. The van der Waals surface area contributed by atoms with Crippen LogP contribution in [-0.4, -0.2) is 70.8 Å². The maximum Gasteiger partial charge on any atom is 0.237 e. The summed E-state index contributed by atoms with van der Waals surface area (Å²) in [6.45, 7) is 3.36. The fourth-order valence-electron chi connectivity index (χ4n) is 5.23. The van der Waals surface area contributed by atoms with Gasteiger partial charge in [-0.2, -0.15) is 4.98 Å². The number of rotatable bonds is 4. The maximum atomic E-state index is 13.5. The van der Waals surface area contributed by atoms with Crippen molar-refractivity contribution in [3.8, 4) is 11.4 Å². The minimum Gasteiger partial charge on any atom is -0.374 e. The second-order valence-corrected chi connectivity index (χ2v) is 8.89. The van der Waals surface area contributed by atoms with Crippen molar-refractivity contribution in [2.75, 3.05) is 32.8 Å². The van der Waals surface area contributed by atoms with Crippen molar-refractivity contribution >= 4 is 5.91 Å². The molecule has 1 aliphatic carbocycles. The first-order chi connectivity index (χ1) is 15.2. The summed E-state index contributed by atoms with van der Waals surface area (Å²) in [5, 5.41) is 4.05. The van der Waals surface area contributed by atoms with Gasteiger partial charge in [-0.15, -0.1) is 0 Å². The van der Waals surface area contributed by atoms with Crippen molar-refractivity contribution in [2.45, 2.75) is 56.6 Å². The molecule has 3 fully saturated rings. The van der Waals surface area contributed by atoms with Gasteiger partial charge in [0, 0.05) is 18.7 Å². The van der Waals surface area contributed by atoms with E-state index in [2.05, 4.69) is 19.9 Å². The molecule has 0 bridgehead atoms. The number of benzene rings is 1. The molecule has 2 saturated heterocycles. The van der Waals surface area contributed by atoms with E-state index in [1.54, 1.807) is 12.1 Å². The second-order valence-electron chi connectivity index (χ2n) is 8.89. The number of amides is 1. The lowest BCUT2D eigenvalue weighted by Crippen LogP contribution is -2.57. The number of nitrogens with zero attached hydrogens (tertiary/aromatic N) is 4. The Morgan fingerprint density at radius 3 is 2.97 bits per heavy atom. The Morgan fingerprint density at radius 2 is 2.06 bits per heavy atom. The average molecular weight is 429 g/mol. The summed E-state index contributed by atoms with van der Waals surface area (Å²) in [5.74, 6) is 0.930. The SMILES string of the molecule is O=C(CN1CCCC(c2nc(-c3cccc(F)c3)no2)C1)N1CCOC2CCCCC21. The standard InChI is InChI=1S/C23H29FN4O3/c24-18-7-3-5-16(13-18)22-25-23(31-26-22)17-6-4-10-27(14-17)15-21(29)28-11-12-30-20-9-2-1-8-19(20)28/h3,5,7,13,17,19-20H,1-2,4,6,8-12,14-15H2. The molecular formula is C23H29FN4O3. The Hall–Kier alpha value is -2.32. The zero-order valence-electron chi connectivity index (χ0n) is 17.7. The Balaban J connectivity index is 1.22. The molecule has 3 heterocycles. The van der Waals surface area contributed by atoms with Gasteiger partial charge < -0.3 is 14.2 Å². The van der Waals surface area contributed by atoms with Crippen LogP contribution in [0.4, 0.5) is 4.39 Å². The molecular weight excluding hydrogens is 399 g/mol. The van der Waals surface area contributed by atoms with Crippen molar-refractivity contribution in [1.29, 1.82) is 0 Å². The number of likely N-dealkylation sites (tertiary alicyclic amines) is 1. The summed E-state index contributed by atoms with van der Waals surface area (Å²) in [4.78, 5) is 21.9. The van der Waals surface area contributed by atoms with E-state index >= 15 is 0 Å². The van der Waals surface area contributed by atoms with Crippen LogP contribution in [0.5, 0.6) is 0 Å². The largest absolute Gasteiger partial charge is 0.374 e. The molecule has 8 heteroatoms. The Labute approximate surface area is 181 Å². The van der Waals surface area contributed by atoms with Gasteiger partial charge in [0.15, 0.2) is 0 Å². The highest BCUT2D eigenvalue weighted by atomic mass is 19.1. The van der Waals surface area contributed by atoms with E-state index in [1.165, 1.54) is 25.0 Å². The molecule has 3 atom stereocenters. The number of halogens is 1. The second kappa shape index (κ2) is 9.04. The smallest absolute Gasteiger partial charge is 0.237 e. The lowest BCUT2D eigenvalue weighted by molar-refractivity contribution is -0.150. The molecule has 1 aromatic carbocycles. The van der Waals surface area contributed by atoms with E-state index in [9.17, 15) is 9.18 Å². The van der Waals surface area contributed by atoms with Crippen LogP contribution in [0.1, 0.15) is 50.3 Å². The number of piperidine rings is 1. The van der Waals surface area contributed by atoms with Gasteiger partial charge in [-0.25, -0.2) is 4.39 Å². The third kappa shape index (κ3) is 4.50. The lowest BCUT2D eigenvalue weighted by atomic mass is 9.90. The van der Waals surface area contributed by atoms with E-state index in [1.807, 2.05) is 0 Å². The van der Waals surface area contributed by atoms with Crippen molar-refractivity contribution in [2.24, 2.45) is 0 Å². The highest BCUT2D eigenvalue weighted by Crippen LogP contribution is 2.30. The van der Waals surface area contributed by atoms with Crippen LogP contribution in [0.2, 0.25) is 0 Å². The summed E-state index contributed by atoms with van der Waals surface area (Å²) in [5.41, 5.74) is 0.604. The first-order valence-corrected chi connectivity index (χ1v) is 11.4. The number of fused-ring (bicyclic) bond motifs is 1. The quantitative estimate of drug-likeness (QED) is 0.745. The van der Waals surface area contributed by atoms with E-state index < -0.39 is 0 Å². The van der Waals surface area contributed by atoms with Crippen LogP contribution in [0, 0.1) is 5.82 Å². The van der Waals surface area contributed by atoms with E-state index in [-0.39, 0.29) is 29.8 Å². The Bertz CT molecular complexity index is 918. The third-order valence-corrected chi connectivity index (χ3v) is 6.79. The monoisotopic (exact) mass is 428 g/mol. The summed E-state index contributed by atoms with van der Waals surface area (Å²) >= 11 is 0. The Morgan fingerprint density at radius 1 is 1.16 bits per heavy atom. The molecule has 7 nitrogen and oxygen atoms in total. The van der Waals surface area contributed by atoms with Crippen LogP contribution in [0.3, 0.4) is 0 Å². The predicted octanol–water partition coefficient (Wildman–Crippen LogP) is 3.23. The van der Waals surface area contributed by atoms with E-state index in [0.29, 0.717) is 37.0 Å². The van der Waals surface area contributed by atoms with Crippen LogP contribution in [0.15, 0.2) is 28.8 Å². The summed E-state index contributed by atoms with van der Waals surface area (Å²) in [6, 6.07) is 6.44. The van der Waals surface area contributed by atoms with Gasteiger partial charge in [0.05, 0.1) is 31.2 Å². The van der Waals surface area contributed by atoms with Crippen LogP contribution in [-0.2, 0) is 9.53 Å². The number of hydrogen-bond donors (Lipinski definition) is 0. The zero-order chi connectivity index (χ0) is 21.2. The number of morpholine rings is 1. The minimum absolute atomic E-state index is 0.0866. The molecule has 0 radical (unpaired) electrons. The van der Waals surface area contributed by atoms with Gasteiger partial charge in [0.2, 0.25) is 17.6 Å². The van der Waals surface area contributed by atoms with Crippen LogP contribution < -0.4 is 0 Å². The van der Waals surface area contributed by atoms with Crippen molar-refractivity contribution < 1.29 is 18.4 Å². The van der Waals surface area contributed by atoms with Gasteiger partial charge >= 0.3 is 0 Å². The first-order valence-electron chi connectivity index (χ1n) is 11.4. The molecule has 31 heavy (non-hydrogen) atoms. The fourth-order valence-corrected chi connectivity index (χ4v) is 5.23. The van der Waals surface area contributed by atoms with Gasteiger partial charge in [-0.3, -0.25) is 9.69 Å².